The van der Waals surface area contributed by atoms with Crippen LogP contribution in [0, 0.1) is 5.92 Å². The topological polar surface area (TPSA) is 53.6 Å². The highest BCUT2D eigenvalue weighted by Gasteiger charge is 2.14. The van der Waals surface area contributed by atoms with E-state index in [-0.39, 0.29) is 0 Å². The highest BCUT2D eigenvalue weighted by atomic mass is 32.2. The van der Waals surface area contributed by atoms with Crippen LogP contribution in [0.1, 0.15) is 18.5 Å². The Morgan fingerprint density at radius 1 is 1.15 bits per heavy atom. The lowest BCUT2D eigenvalue weighted by Gasteiger charge is -2.21. The van der Waals surface area contributed by atoms with Crippen molar-refractivity contribution in [1.29, 1.82) is 0 Å². The molecule has 0 atom stereocenters. The molecule has 2 N–H and O–H groups in total. The maximum atomic E-state index is 4.27. The van der Waals surface area contributed by atoms with E-state index < -0.39 is 0 Å². The van der Waals surface area contributed by atoms with Crippen LogP contribution in [0.15, 0.2) is 30.3 Å². The van der Waals surface area contributed by atoms with Gasteiger partial charge in [0.25, 0.3) is 0 Å². The van der Waals surface area contributed by atoms with Crippen molar-refractivity contribution in [2.24, 2.45) is 5.92 Å². The summed E-state index contributed by atoms with van der Waals surface area (Å²) in [4.78, 5) is 0. The van der Waals surface area contributed by atoms with Crippen LogP contribution in [0.25, 0.3) is 11.3 Å². The molecule has 0 radical (unpaired) electrons. The number of hydrogen-bond donors (Lipinski definition) is 2. The first-order valence-corrected chi connectivity index (χ1v) is 8.32. The van der Waals surface area contributed by atoms with Crippen molar-refractivity contribution >= 4 is 11.8 Å². The molecule has 1 fully saturated rings. The average Bonchev–Trinajstić information content (AvgIpc) is 2.98. The maximum Gasteiger partial charge on any atom is 0.117 e. The fourth-order valence-corrected chi connectivity index (χ4v) is 3.75. The van der Waals surface area contributed by atoms with Crippen LogP contribution in [-0.2, 0) is 6.54 Å². The van der Waals surface area contributed by atoms with Gasteiger partial charge < -0.3 is 5.32 Å². The van der Waals surface area contributed by atoms with E-state index in [4.69, 9.17) is 0 Å². The molecule has 0 bridgehead atoms. The van der Waals surface area contributed by atoms with Crippen LogP contribution < -0.4 is 5.32 Å². The summed E-state index contributed by atoms with van der Waals surface area (Å²) in [7, 11) is 0. The van der Waals surface area contributed by atoms with Crippen LogP contribution in [0.5, 0.6) is 0 Å². The van der Waals surface area contributed by atoms with Crippen molar-refractivity contribution in [3.63, 3.8) is 0 Å². The van der Waals surface area contributed by atoms with E-state index in [1.54, 1.807) is 0 Å². The molecule has 20 heavy (non-hydrogen) atoms. The number of nitrogens with zero attached hydrogens (tertiary/aromatic N) is 2. The third-order valence-electron chi connectivity index (χ3n) is 3.73. The Balaban J connectivity index is 1.57. The minimum Gasteiger partial charge on any atom is -0.311 e. The minimum atomic E-state index is 0.782. The molecule has 1 aromatic carbocycles. The fourth-order valence-electron chi connectivity index (χ4n) is 2.55. The van der Waals surface area contributed by atoms with Crippen molar-refractivity contribution in [3.8, 4) is 11.3 Å². The maximum absolute atomic E-state index is 4.27. The van der Waals surface area contributed by atoms with Crippen molar-refractivity contribution < 1.29 is 0 Å². The van der Waals surface area contributed by atoms with E-state index in [1.807, 2.05) is 18.2 Å². The number of H-pyrrole nitrogens is 1. The Labute approximate surface area is 123 Å². The van der Waals surface area contributed by atoms with Gasteiger partial charge in [0.05, 0.1) is 0 Å². The van der Waals surface area contributed by atoms with Gasteiger partial charge in [0.2, 0.25) is 0 Å². The van der Waals surface area contributed by atoms with Gasteiger partial charge in [0.15, 0.2) is 0 Å². The molecule has 5 heteroatoms. The van der Waals surface area contributed by atoms with Crippen molar-refractivity contribution in [1.82, 2.24) is 20.7 Å². The minimum absolute atomic E-state index is 0.782. The van der Waals surface area contributed by atoms with Crippen molar-refractivity contribution in [2.45, 2.75) is 19.4 Å². The number of rotatable bonds is 5. The monoisotopic (exact) mass is 288 g/mol. The lowest BCUT2D eigenvalue weighted by molar-refractivity contribution is 0.446. The van der Waals surface area contributed by atoms with Gasteiger partial charge in [-0.3, -0.25) is 0 Å². The Kier molecular flexibility index (Phi) is 4.71. The van der Waals surface area contributed by atoms with Gasteiger partial charge in [-0.15, -0.1) is 0 Å². The molecule has 4 nitrogen and oxygen atoms in total. The van der Waals surface area contributed by atoms with E-state index >= 15 is 0 Å². The summed E-state index contributed by atoms with van der Waals surface area (Å²) in [6.07, 6.45) is 2.67. The van der Waals surface area contributed by atoms with Gasteiger partial charge in [0, 0.05) is 12.1 Å². The third kappa shape index (κ3) is 3.41. The standard InChI is InChI=1S/C15H20N4S/c1-2-4-13(5-3-1)15-14(17-19-18-15)11-16-10-12-6-8-20-9-7-12/h1-5,12,16H,6-11H2,(H,17,18,19). The summed E-state index contributed by atoms with van der Waals surface area (Å²) >= 11 is 2.07. The third-order valence-corrected chi connectivity index (χ3v) is 4.78. The van der Waals surface area contributed by atoms with Gasteiger partial charge in [0.1, 0.15) is 11.4 Å². The van der Waals surface area contributed by atoms with Gasteiger partial charge in [-0.05, 0) is 36.8 Å². The molecule has 2 heterocycles. The number of benzene rings is 1. The number of aromatic nitrogens is 3. The summed E-state index contributed by atoms with van der Waals surface area (Å²) < 4.78 is 0. The van der Waals surface area contributed by atoms with Crippen LogP contribution in [0.3, 0.4) is 0 Å². The van der Waals surface area contributed by atoms with Crippen LogP contribution in [-0.4, -0.2) is 33.5 Å². The predicted octanol–water partition coefficient (Wildman–Crippen LogP) is 2.70. The fraction of sp³-hybridized carbons (Fsp3) is 0.467. The molecule has 1 aliphatic heterocycles. The second kappa shape index (κ2) is 6.90. The van der Waals surface area contributed by atoms with Crippen molar-refractivity contribution in [2.75, 3.05) is 18.1 Å². The second-order valence-corrected chi connectivity index (χ2v) is 6.40. The quantitative estimate of drug-likeness (QED) is 0.888. The molecule has 0 amide bonds. The highest BCUT2D eigenvalue weighted by molar-refractivity contribution is 7.99. The Hall–Kier alpha value is -1.33. The molecular weight excluding hydrogens is 268 g/mol. The van der Waals surface area contributed by atoms with Crippen LogP contribution in [0.4, 0.5) is 0 Å². The van der Waals surface area contributed by atoms with Gasteiger partial charge in [-0.25, -0.2) is 0 Å². The Bertz CT molecular complexity index is 520. The van der Waals surface area contributed by atoms with E-state index in [0.29, 0.717) is 0 Å². The molecule has 0 spiro atoms. The average molecular weight is 288 g/mol. The van der Waals surface area contributed by atoms with Crippen LogP contribution >= 0.6 is 11.8 Å². The SMILES string of the molecule is c1ccc(-c2n[nH]nc2CNCC2CCSCC2)cc1. The number of hydrogen-bond acceptors (Lipinski definition) is 4. The zero-order valence-electron chi connectivity index (χ0n) is 11.5. The summed E-state index contributed by atoms with van der Waals surface area (Å²) in [6.45, 7) is 1.87. The molecule has 0 aliphatic carbocycles. The lowest BCUT2D eigenvalue weighted by atomic mass is 10.0. The lowest BCUT2D eigenvalue weighted by Crippen LogP contribution is -2.25. The summed E-state index contributed by atoms with van der Waals surface area (Å²) in [5, 5.41) is 14.8. The van der Waals surface area contributed by atoms with Crippen LogP contribution in [0.2, 0.25) is 0 Å². The first-order valence-electron chi connectivity index (χ1n) is 7.17. The summed E-state index contributed by atoms with van der Waals surface area (Å²) in [5.41, 5.74) is 3.07. The normalized spacial score (nSPS) is 16.4. The van der Waals surface area contributed by atoms with Gasteiger partial charge >= 0.3 is 0 Å². The predicted molar refractivity (Wildman–Crippen MR) is 83.6 cm³/mol. The first-order chi connectivity index (χ1) is 9.93. The first kappa shape index (κ1) is 13.6. The smallest absolute Gasteiger partial charge is 0.117 e. The molecule has 2 aromatic rings. The molecule has 3 rings (SSSR count). The zero-order chi connectivity index (χ0) is 13.6. The molecule has 1 aliphatic rings. The molecular formula is C15H20N4S. The summed E-state index contributed by atoms with van der Waals surface area (Å²) in [6, 6.07) is 10.2. The largest absolute Gasteiger partial charge is 0.311 e. The van der Waals surface area contributed by atoms with Gasteiger partial charge in [-0.2, -0.15) is 27.2 Å². The Morgan fingerprint density at radius 3 is 2.75 bits per heavy atom. The Morgan fingerprint density at radius 2 is 1.95 bits per heavy atom. The van der Waals surface area contributed by atoms with Crippen molar-refractivity contribution in [3.05, 3.63) is 36.0 Å². The number of thioether (sulfide) groups is 1. The molecule has 1 saturated heterocycles. The number of aromatic amines is 1. The van der Waals surface area contributed by atoms with Gasteiger partial charge in [-0.1, -0.05) is 30.3 Å². The molecule has 1 aromatic heterocycles. The highest BCUT2D eigenvalue weighted by Crippen LogP contribution is 2.22. The van der Waals surface area contributed by atoms with E-state index in [0.717, 1.165) is 36.0 Å². The number of nitrogens with one attached hydrogen (secondary N) is 2. The summed E-state index contributed by atoms with van der Waals surface area (Å²) in [5.74, 6) is 3.44. The van der Waals surface area contributed by atoms with E-state index in [9.17, 15) is 0 Å². The van der Waals surface area contributed by atoms with E-state index in [2.05, 4.69) is 44.6 Å². The van der Waals surface area contributed by atoms with E-state index in [1.165, 1.54) is 24.3 Å². The zero-order valence-corrected chi connectivity index (χ0v) is 12.3. The molecule has 0 unspecified atom stereocenters. The molecule has 0 saturated carbocycles. The second-order valence-electron chi connectivity index (χ2n) is 5.17. The molecule has 106 valence electrons.